The van der Waals surface area contributed by atoms with E-state index in [1.165, 1.54) is 29.3 Å². The lowest BCUT2D eigenvalue weighted by Crippen LogP contribution is -2.45. The molecule has 2 fully saturated rings. The van der Waals surface area contributed by atoms with Crippen LogP contribution in [-0.4, -0.2) is 38.4 Å². The van der Waals surface area contributed by atoms with Crippen molar-refractivity contribution in [3.63, 3.8) is 0 Å². The Morgan fingerprint density at radius 3 is 2.24 bits per heavy atom. The number of piperidine rings is 1. The van der Waals surface area contributed by atoms with Crippen molar-refractivity contribution < 1.29 is 21.6 Å². The molecule has 1 aliphatic heterocycles. The van der Waals surface area contributed by atoms with Crippen molar-refractivity contribution in [2.24, 2.45) is 5.92 Å². The Bertz CT molecular complexity index is 685. The molecule has 1 aliphatic carbocycles. The maximum atomic E-state index is 13.1. The van der Waals surface area contributed by atoms with Crippen LogP contribution in [0.4, 0.5) is 13.2 Å². The fraction of sp³-hybridized carbons (Fsp3) is 0.625. The van der Waals surface area contributed by atoms with E-state index >= 15 is 0 Å². The fourth-order valence-corrected chi connectivity index (χ4v) is 4.70. The lowest BCUT2D eigenvalue weighted by atomic mass is 10.1. The van der Waals surface area contributed by atoms with Gasteiger partial charge in [-0.2, -0.15) is 17.5 Å². The van der Waals surface area contributed by atoms with Gasteiger partial charge in [-0.1, -0.05) is 12.1 Å². The number of rotatable bonds is 5. The Hall–Kier alpha value is -0.830. The normalized spacial score (nSPS) is 20.3. The van der Waals surface area contributed by atoms with Crippen LogP contribution < -0.4 is 5.32 Å². The lowest BCUT2D eigenvalue weighted by Gasteiger charge is -2.32. The van der Waals surface area contributed by atoms with Crippen LogP contribution in [0.15, 0.2) is 29.2 Å². The predicted molar refractivity (Wildman–Crippen MR) is 91.2 cm³/mol. The van der Waals surface area contributed by atoms with Gasteiger partial charge in [0.1, 0.15) is 0 Å². The van der Waals surface area contributed by atoms with E-state index in [0.29, 0.717) is 12.8 Å². The van der Waals surface area contributed by atoms with E-state index in [4.69, 9.17) is 0 Å². The van der Waals surface area contributed by atoms with Gasteiger partial charge in [0.25, 0.3) is 0 Å². The van der Waals surface area contributed by atoms with Crippen molar-refractivity contribution in [2.75, 3.05) is 19.6 Å². The topological polar surface area (TPSA) is 49.4 Å². The number of nitrogens with one attached hydrogen (secondary N) is 1. The van der Waals surface area contributed by atoms with Gasteiger partial charge < -0.3 is 5.32 Å². The highest BCUT2D eigenvalue weighted by Crippen LogP contribution is 2.35. The number of sulfonamides is 1. The molecule has 0 spiro atoms. The third-order valence-electron chi connectivity index (χ3n) is 4.66. The molecule has 1 aromatic carbocycles. The van der Waals surface area contributed by atoms with Crippen molar-refractivity contribution in [3.05, 3.63) is 29.8 Å². The number of hydrogen-bond donors (Lipinski definition) is 1. The van der Waals surface area contributed by atoms with Crippen LogP contribution in [0.5, 0.6) is 0 Å². The van der Waals surface area contributed by atoms with Crippen molar-refractivity contribution in [3.8, 4) is 0 Å². The molecule has 9 heteroatoms. The van der Waals surface area contributed by atoms with E-state index < -0.39 is 26.7 Å². The zero-order valence-electron chi connectivity index (χ0n) is 13.6. The number of halogens is 4. The lowest BCUT2D eigenvalue weighted by molar-refractivity contribution is -0.139. The summed E-state index contributed by atoms with van der Waals surface area (Å²) >= 11 is 0. The average molecular weight is 399 g/mol. The highest BCUT2D eigenvalue weighted by molar-refractivity contribution is 7.89. The van der Waals surface area contributed by atoms with E-state index in [9.17, 15) is 21.6 Å². The first-order valence-electron chi connectivity index (χ1n) is 8.18. The van der Waals surface area contributed by atoms with Gasteiger partial charge in [-0.15, -0.1) is 12.4 Å². The molecule has 0 atom stereocenters. The van der Waals surface area contributed by atoms with Gasteiger partial charge in [0.15, 0.2) is 0 Å². The van der Waals surface area contributed by atoms with Crippen LogP contribution >= 0.6 is 12.4 Å². The summed E-state index contributed by atoms with van der Waals surface area (Å²) in [6.45, 7) is 1.45. The molecule has 1 heterocycles. The van der Waals surface area contributed by atoms with E-state index in [1.54, 1.807) is 0 Å². The largest absolute Gasteiger partial charge is 0.417 e. The molecule has 2 aliphatic rings. The molecule has 0 unspecified atom stereocenters. The Kier molecular flexibility index (Phi) is 6.40. The minimum atomic E-state index is -4.69. The summed E-state index contributed by atoms with van der Waals surface area (Å²) in [5.74, 6) is 0.741. The molecule has 1 N–H and O–H groups in total. The monoisotopic (exact) mass is 398 g/mol. The van der Waals surface area contributed by atoms with E-state index in [1.807, 2.05) is 0 Å². The molecular formula is C16H22ClF3N2O2S. The Morgan fingerprint density at radius 1 is 1.08 bits per heavy atom. The second-order valence-corrected chi connectivity index (χ2v) is 8.43. The summed E-state index contributed by atoms with van der Waals surface area (Å²) in [5.41, 5.74) is -1.10. The summed E-state index contributed by atoms with van der Waals surface area (Å²) in [6, 6.07) is 4.63. The highest BCUT2D eigenvalue weighted by atomic mass is 35.5. The van der Waals surface area contributed by atoms with Crippen LogP contribution in [0.2, 0.25) is 0 Å². The van der Waals surface area contributed by atoms with E-state index in [-0.39, 0.29) is 31.5 Å². The smallest absolute Gasteiger partial charge is 0.314 e. The summed E-state index contributed by atoms with van der Waals surface area (Å²) in [7, 11) is -4.13. The van der Waals surface area contributed by atoms with Gasteiger partial charge in [-0.25, -0.2) is 8.42 Å². The number of nitrogens with zero attached hydrogens (tertiary/aromatic N) is 1. The molecule has 1 saturated carbocycles. The Morgan fingerprint density at radius 2 is 1.68 bits per heavy atom. The molecule has 1 saturated heterocycles. The molecule has 1 aromatic rings. The second-order valence-electron chi connectivity index (χ2n) is 6.52. The summed E-state index contributed by atoms with van der Waals surface area (Å²) in [4.78, 5) is -0.651. The number of alkyl halides is 3. The van der Waals surface area contributed by atoms with Gasteiger partial charge >= 0.3 is 6.18 Å². The van der Waals surface area contributed by atoms with Gasteiger partial charge in [0, 0.05) is 19.1 Å². The highest BCUT2D eigenvalue weighted by Gasteiger charge is 2.39. The molecule has 0 amide bonds. The first-order valence-corrected chi connectivity index (χ1v) is 9.62. The van der Waals surface area contributed by atoms with Crippen molar-refractivity contribution in [1.82, 2.24) is 9.62 Å². The summed E-state index contributed by atoms with van der Waals surface area (Å²) in [6.07, 6.45) is -0.947. The third-order valence-corrected chi connectivity index (χ3v) is 6.61. The standard InChI is InChI=1S/C16H21F3N2O2S.ClH/c17-16(18,19)14-3-1-2-4-15(14)24(22,23)21-9-7-13(8-10-21)20-11-12-5-6-12;/h1-4,12-13,20H,5-11H2;1H. The summed E-state index contributed by atoms with van der Waals surface area (Å²) in [5, 5.41) is 3.43. The van der Waals surface area contributed by atoms with Crippen LogP contribution in [0.1, 0.15) is 31.2 Å². The van der Waals surface area contributed by atoms with Crippen molar-refractivity contribution in [1.29, 1.82) is 0 Å². The quantitative estimate of drug-likeness (QED) is 0.828. The molecule has 25 heavy (non-hydrogen) atoms. The number of hydrogen-bond acceptors (Lipinski definition) is 3. The molecule has 4 nitrogen and oxygen atoms in total. The minimum absolute atomic E-state index is 0. The predicted octanol–water partition coefficient (Wildman–Crippen LogP) is 3.28. The SMILES string of the molecule is Cl.O=S(=O)(c1ccccc1C(F)(F)F)N1CCC(NCC2CC2)CC1. The van der Waals surface area contributed by atoms with E-state index in [2.05, 4.69) is 5.32 Å². The molecule has 3 rings (SSSR count). The second kappa shape index (κ2) is 7.82. The van der Waals surface area contributed by atoms with Crippen molar-refractivity contribution in [2.45, 2.75) is 42.8 Å². The molecule has 0 aromatic heterocycles. The Labute approximate surface area is 152 Å². The third kappa shape index (κ3) is 4.87. The molecule has 142 valence electrons. The van der Waals surface area contributed by atoms with Crippen LogP contribution in [0, 0.1) is 5.92 Å². The Balaban J connectivity index is 0.00000225. The van der Waals surface area contributed by atoms with Gasteiger partial charge in [0.2, 0.25) is 10.0 Å². The van der Waals surface area contributed by atoms with Gasteiger partial charge in [-0.3, -0.25) is 0 Å². The zero-order chi connectivity index (χ0) is 17.4. The van der Waals surface area contributed by atoms with Gasteiger partial charge in [-0.05, 0) is 50.3 Å². The first kappa shape index (κ1) is 20.5. The average Bonchev–Trinajstić information content (AvgIpc) is 3.37. The fourth-order valence-electron chi connectivity index (χ4n) is 3.02. The van der Waals surface area contributed by atoms with Crippen LogP contribution in [0.25, 0.3) is 0 Å². The maximum Gasteiger partial charge on any atom is 0.417 e. The van der Waals surface area contributed by atoms with Crippen molar-refractivity contribution >= 4 is 22.4 Å². The van der Waals surface area contributed by atoms with Crippen LogP contribution in [-0.2, 0) is 16.2 Å². The molecule has 0 radical (unpaired) electrons. The van der Waals surface area contributed by atoms with E-state index in [0.717, 1.165) is 24.6 Å². The summed E-state index contributed by atoms with van der Waals surface area (Å²) < 4.78 is 65.8. The van der Waals surface area contributed by atoms with Gasteiger partial charge in [0.05, 0.1) is 10.5 Å². The number of benzene rings is 1. The molecule has 0 bridgehead atoms. The maximum absolute atomic E-state index is 13.1. The zero-order valence-corrected chi connectivity index (χ0v) is 15.3. The first-order chi connectivity index (χ1) is 11.3. The minimum Gasteiger partial charge on any atom is -0.314 e. The molecular weight excluding hydrogens is 377 g/mol. The van der Waals surface area contributed by atoms with Crippen LogP contribution in [0.3, 0.4) is 0 Å².